The lowest BCUT2D eigenvalue weighted by molar-refractivity contribution is 0.00513. The molecular weight excluding hydrogens is 1620 g/mol. The monoisotopic (exact) mass is 1690 g/mol. The lowest BCUT2D eigenvalue weighted by Gasteiger charge is -2.18. The van der Waals surface area contributed by atoms with Crippen LogP contribution in [0.2, 0.25) is 0 Å². The van der Waals surface area contributed by atoms with Gasteiger partial charge in [-0.25, -0.2) is 80.3 Å². The van der Waals surface area contributed by atoms with Gasteiger partial charge in [-0.2, -0.15) is 20.4 Å². The molecule has 112 heavy (non-hydrogen) atoms. The van der Waals surface area contributed by atoms with Gasteiger partial charge in [0.25, 0.3) is 5.91 Å². The Hall–Kier alpha value is -12.3. The lowest BCUT2D eigenvalue weighted by Crippen LogP contribution is -2.24. The predicted octanol–water partition coefficient (Wildman–Crippen LogP) is 13.6. The van der Waals surface area contributed by atoms with Crippen LogP contribution in [0.5, 0.6) is 0 Å². The molecule has 0 radical (unpaired) electrons. The van der Waals surface area contributed by atoms with E-state index in [2.05, 4.69) is 72.0 Å². The minimum absolute atomic E-state index is 0.0405. The second-order valence-corrected chi connectivity index (χ2v) is 33.2. The van der Waals surface area contributed by atoms with Crippen molar-refractivity contribution in [2.24, 2.45) is 10.3 Å². The first-order chi connectivity index (χ1) is 53.1. The quantitative estimate of drug-likeness (QED) is 0.0360. The van der Waals surface area contributed by atoms with E-state index in [4.69, 9.17) is 41.4 Å². The lowest BCUT2D eigenvalue weighted by atomic mass is 10.1. The van der Waals surface area contributed by atoms with Gasteiger partial charge in [0.1, 0.15) is 28.3 Å². The van der Waals surface area contributed by atoms with Gasteiger partial charge < -0.3 is 41.8 Å². The normalized spacial score (nSPS) is 11.2. The number of nitrogens with two attached hydrogens (primary N) is 4. The summed E-state index contributed by atoms with van der Waals surface area (Å²) < 4.78 is 61.3. The van der Waals surface area contributed by atoms with Crippen LogP contribution in [0.15, 0.2) is 230 Å². The molecule has 8 aromatic heterocycles. The first-order valence-corrected chi connectivity index (χ1v) is 40.3. The number of hydrogen-bond acceptors (Lipinski definition) is 26. The summed E-state index contributed by atoms with van der Waals surface area (Å²) >= 11 is 8.12. The van der Waals surface area contributed by atoms with Crippen LogP contribution < -0.4 is 32.4 Å². The summed E-state index contributed by atoms with van der Waals surface area (Å²) in [5, 5.41) is 62.3. The van der Waals surface area contributed by atoms with Crippen LogP contribution in [0.4, 0.5) is 22.7 Å². The van der Waals surface area contributed by atoms with E-state index in [0.717, 1.165) is 44.8 Å². The molecule has 0 bridgehead atoms. The van der Waals surface area contributed by atoms with E-state index in [1.54, 1.807) is 46.2 Å². The number of aromatic nitrogens is 12. The molecule has 0 aliphatic carbocycles. The summed E-state index contributed by atoms with van der Waals surface area (Å²) in [6, 6.07) is 49.7. The molecule has 1 amide bonds. The van der Waals surface area contributed by atoms with Crippen molar-refractivity contribution in [1.29, 1.82) is 0 Å². The first-order valence-electron chi connectivity index (χ1n) is 32.9. The Labute approximate surface area is 664 Å². The topological polar surface area (TPSA) is 474 Å². The molecule has 14 aromatic rings. The highest BCUT2D eigenvalue weighted by Gasteiger charge is 2.25. The number of halogens is 1. The maximum absolute atomic E-state index is 12.8. The number of rotatable bonds is 18. The third-order valence-corrected chi connectivity index (χ3v) is 20.4. The molecule has 6 aromatic carbocycles. The number of carboxylic acid groups (broad SMARTS) is 2. The van der Waals surface area contributed by atoms with Gasteiger partial charge >= 0.3 is 23.9 Å². The number of nitrogen functional groups attached to an aromatic ring is 2. The summed E-state index contributed by atoms with van der Waals surface area (Å²) in [6.07, 6.45) is 6.58. The molecule has 0 spiro atoms. The number of carbonyl (C=O) groups excluding carboxylic acids is 3. The van der Waals surface area contributed by atoms with Crippen LogP contribution in [0.3, 0.4) is 0 Å². The molecular formula is C74H69BrN18O13S6. The smallest absolute Gasteiger partial charge is 0.358 e. The number of nitrogens with zero attached hydrogens (tertiary/aromatic N) is 11. The van der Waals surface area contributed by atoms with E-state index in [-0.39, 0.29) is 38.4 Å². The number of primary sulfonamides is 2. The number of ether oxygens (including phenoxy) is 2. The third-order valence-electron chi connectivity index (χ3n) is 14.7. The zero-order valence-electron chi connectivity index (χ0n) is 59.9. The Morgan fingerprint density at radius 2 is 0.875 bits per heavy atom. The van der Waals surface area contributed by atoms with Crippen molar-refractivity contribution in [2.75, 3.05) is 22.1 Å². The highest BCUT2D eigenvalue weighted by atomic mass is 79.9. The molecule has 0 saturated carbocycles. The van der Waals surface area contributed by atoms with Crippen molar-refractivity contribution in [3.05, 3.63) is 254 Å². The number of aromatic carboxylic acids is 2. The number of nitrogens with one attached hydrogen (secondary N) is 3. The Morgan fingerprint density at radius 1 is 0.491 bits per heavy atom. The highest BCUT2D eigenvalue weighted by molar-refractivity contribution is 9.11. The summed E-state index contributed by atoms with van der Waals surface area (Å²) in [5.41, 5.74) is 20.9. The Kier molecular flexibility index (Phi) is 26.5. The third kappa shape index (κ3) is 22.7. The van der Waals surface area contributed by atoms with E-state index in [9.17, 15) is 40.8 Å². The maximum Gasteiger partial charge on any atom is 0.358 e. The summed E-state index contributed by atoms with van der Waals surface area (Å²) in [6.45, 7) is 11.3. The van der Waals surface area contributed by atoms with Gasteiger partial charge in [0.15, 0.2) is 26.7 Å². The number of aromatic amines is 1. The highest BCUT2D eigenvalue weighted by Crippen LogP contribution is 2.33. The Balaban J connectivity index is 0.000000156. The number of hydrogen-bond donors (Lipinski definition) is 9. The van der Waals surface area contributed by atoms with Crippen molar-refractivity contribution < 1.29 is 60.5 Å². The predicted molar refractivity (Wildman–Crippen MR) is 432 cm³/mol. The Bertz CT molecular complexity index is 5840. The minimum atomic E-state index is -3.87. The Morgan fingerprint density at radius 3 is 1.29 bits per heavy atom. The number of carboxylic acids is 2. The van der Waals surface area contributed by atoms with Crippen molar-refractivity contribution in [3.8, 4) is 60.4 Å². The fourth-order valence-corrected chi connectivity index (χ4v) is 13.8. The van der Waals surface area contributed by atoms with Gasteiger partial charge in [0, 0.05) is 55.9 Å². The van der Waals surface area contributed by atoms with Gasteiger partial charge in [-0.15, -0.1) is 45.3 Å². The average Bonchev–Trinajstić information content (AvgIpc) is 1.65. The molecule has 0 saturated heterocycles. The van der Waals surface area contributed by atoms with Gasteiger partial charge in [0.2, 0.25) is 35.4 Å². The molecule has 0 unspecified atom stereocenters. The summed E-state index contributed by atoms with van der Waals surface area (Å²) in [7, 11) is -7.61. The van der Waals surface area contributed by atoms with Crippen LogP contribution in [-0.2, 0) is 36.1 Å². The van der Waals surface area contributed by atoms with E-state index in [0.29, 0.717) is 71.4 Å². The fraction of sp³-hybridized carbons (Fsp3) is 0.122. The van der Waals surface area contributed by atoms with E-state index >= 15 is 0 Å². The minimum Gasteiger partial charge on any atom is -0.476 e. The molecule has 8 heterocycles. The zero-order chi connectivity index (χ0) is 80.7. The summed E-state index contributed by atoms with van der Waals surface area (Å²) in [4.78, 5) is 74.8. The van der Waals surface area contributed by atoms with Crippen LogP contribution in [-0.4, -0.2) is 128 Å². The molecule has 31 nitrogen and oxygen atoms in total. The molecule has 13 N–H and O–H groups in total. The largest absolute Gasteiger partial charge is 0.476 e. The van der Waals surface area contributed by atoms with E-state index in [1.165, 1.54) is 96.7 Å². The van der Waals surface area contributed by atoms with Crippen LogP contribution >= 0.6 is 61.3 Å². The van der Waals surface area contributed by atoms with Gasteiger partial charge in [-0.1, -0.05) is 133 Å². The van der Waals surface area contributed by atoms with Crippen LogP contribution in [0, 0.1) is 0 Å². The van der Waals surface area contributed by atoms with Crippen molar-refractivity contribution in [3.63, 3.8) is 0 Å². The van der Waals surface area contributed by atoms with Crippen LogP contribution in [0.25, 0.3) is 60.4 Å². The number of anilines is 4. The summed E-state index contributed by atoms with van der Waals surface area (Å²) in [5.74, 6) is -3.57. The van der Waals surface area contributed by atoms with Crippen LogP contribution in [0.1, 0.15) is 99.4 Å². The van der Waals surface area contributed by atoms with E-state index < -0.39 is 55.1 Å². The van der Waals surface area contributed by atoms with Crippen molar-refractivity contribution in [1.82, 2.24) is 59.5 Å². The molecule has 0 aliphatic heterocycles. The number of esters is 2. The number of benzene rings is 6. The van der Waals surface area contributed by atoms with E-state index in [1.807, 2.05) is 163 Å². The second-order valence-electron chi connectivity index (χ2n) is 25.4. The number of thiazole rings is 4. The van der Waals surface area contributed by atoms with Crippen molar-refractivity contribution in [2.45, 2.75) is 69.1 Å². The standard InChI is InChI=1S/C20H15N5O5S2.C20H17N5O4S2.C17H18N4O2S.C9H9N3.C8H10BrNO2S/c21-32(29,30)14-8-6-13(7-9-14)18(26)22-15-10-25(20-23-16(11-31-20)19(27)28)24-17(15)12-4-2-1-3-5-12;21-31(28,29)15-8-6-13(7-9-15)10-22-16-11-25(20-23-17(12-30-20)19(26)27)24-18(16)14-4-2-1-3-5-14;1-17(2,3)23-15(22)13-10-24-16(19-13)21-9-12(18)14(20-21)11-7-5-4-6-8-11;10-8-6-11-12-9(8)7-4-2-1-3-5-7;1-8(2,3)12-6(11)5-4-13-7(9)10-5/h1-11H,(H,22,26)(H,27,28)(H2,21,29,30);1-9,11-12,22H,10H2,(H,26,27)(H2,21,28,29);4-10H,18H2,1-3H3;1-6H,10H2,(H,11,12);4H,1-3H3. The number of carbonyl (C=O) groups is 5. The van der Waals surface area contributed by atoms with Gasteiger partial charge in [0.05, 0.1) is 63.0 Å². The molecule has 576 valence electrons. The molecule has 38 heteroatoms. The zero-order valence-corrected chi connectivity index (χ0v) is 66.4. The fourth-order valence-electron chi connectivity index (χ4n) is 9.61. The van der Waals surface area contributed by atoms with Crippen molar-refractivity contribution >= 4 is 134 Å². The maximum atomic E-state index is 12.8. The molecule has 14 rings (SSSR count). The molecule has 0 fully saturated rings. The SMILES string of the molecule is CC(C)(C)OC(=O)c1csc(-n2cc(N)c(-c3ccccc3)n2)n1.CC(C)(C)OC(=O)c1csc(Br)n1.NS(=O)(=O)c1ccc(C(=O)Nc2cn(-c3nc(C(=O)O)cs3)nc2-c2ccccc2)cc1.NS(=O)(=O)c1ccc(CNc2cn(-c3nc(C(=O)O)cs3)nc2-c2ccccc2)cc1.Nc1cn[nH]c1-c1ccccc1. The number of amides is 1. The number of sulfonamides is 2. The molecule has 0 aliphatic rings. The number of H-pyrrole nitrogens is 1. The van der Waals surface area contributed by atoms with Gasteiger partial charge in [-0.3, -0.25) is 9.89 Å². The first kappa shape index (κ1) is 82.2. The second kappa shape index (κ2) is 36.1. The van der Waals surface area contributed by atoms with Gasteiger partial charge in [-0.05, 0) is 99.4 Å². The molecule has 0 atom stereocenters. The average molecular weight is 1690 g/mol.